The van der Waals surface area contributed by atoms with Crippen LogP contribution >= 0.6 is 0 Å². The van der Waals surface area contributed by atoms with Crippen molar-refractivity contribution in [2.24, 2.45) is 0 Å². The van der Waals surface area contributed by atoms with E-state index in [1.54, 1.807) is 0 Å². The maximum atomic E-state index is 7.16. The molecule has 5 heteroatoms. The third-order valence-electron chi connectivity index (χ3n) is 18.9. The number of hydrogen-bond acceptors (Lipinski definition) is 4. The summed E-state index contributed by atoms with van der Waals surface area (Å²) >= 11 is 0. The van der Waals surface area contributed by atoms with Crippen molar-refractivity contribution in [1.82, 2.24) is 0 Å². The van der Waals surface area contributed by atoms with Crippen LogP contribution in [0.3, 0.4) is 0 Å². The lowest BCUT2D eigenvalue weighted by atomic mass is 9.34. The molecule has 13 aromatic rings. The molecule has 2 heterocycles. The molecule has 0 spiro atoms. The van der Waals surface area contributed by atoms with Crippen molar-refractivity contribution in [3.8, 4) is 67.5 Å². The Kier molecular flexibility index (Phi) is 10.8. The average molecular weight is 1090 g/mol. The fourth-order valence-corrected chi connectivity index (χ4v) is 14.8. The number of hydrogen-bond donors (Lipinski definition) is 0. The second-order valence-corrected chi connectivity index (χ2v) is 24.3. The smallest absolute Gasteiger partial charge is 0.260 e. The van der Waals surface area contributed by atoms with Crippen molar-refractivity contribution < 1.29 is 9.47 Å². The summed E-state index contributed by atoms with van der Waals surface area (Å²) in [6.07, 6.45) is 0. The summed E-state index contributed by atoms with van der Waals surface area (Å²) in [6.45, 7) is 9.52. The number of fused-ring (bicyclic) bond motifs is 14. The Labute approximate surface area is 496 Å². The third-order valence-corrected chi connectivity index (χ3v) is 18.9. The van der Waals surface area contributed by atoms with Gasteiger partial charge in [-0.3, -0.25) is 0 Å². The highest BCUT2D eigenvalue weighted by Crippen LogP contribution is 2.58. The molecule has 17 rings (SSSR count). The van der Waals surface area contributed by atoms with Gasteiger partial charge in [-0.1, -0.05) is 216 Å². The summed E-state index contributed by atoms with van der Waals surface area (Å²) in [5, 5.41) is 4.82. The lowest BCUT2D eigenvalue weighted by Gasteiger charge is -2.35. The normalized spacial score (nSPS) is 14.0. The first-order chi connectivity index (χ1) is 41.7. The summed E-state index contributed by atoms with van der Waals surface area (Å²) in [7, 11) is 0. The molecule has 0 saturated heterocycles. The van der Waals surface area contributed by atoms with E-state index in [0.29, 0.717) is 0 Å². The minimum absolute atomic E-state index is 0.132. The van der Waals surface area contributed by atoms with E-state index in [0.717, 1.165) is 73.5 Å². The van der Waals surface area contributed by atoms with Gasteiger partial charge in [0.1, 0.15) is 23.0 Å². The van der Waals surface area contributed by atoms with E-state index in [1.807, 2.05) is 0 Å². The predicted octanol–water partition coefficient (Wildman–Crippen LogP) is 19.6. The van der Waals surface area contributed by atoms with Crippen molar-refractivity contribution in [1.29, 1.82) is 0 Å². The molecule has 4 nitrogen and oxygen atoms in total. The largest absolute Gasteiger partial charge is 0.458 e. The Bertz CT molecular complexity index is 4560. The number of nitrogens with zero attached hydrogens (tertiary/aromatic N) is 2. The molecule has 0 N–H and O–H groups in total. The summed E-state index contributed by atoms with van der Waals surface area (Å²) in [5.41, 5.74) is 24.3. The van der Waals surface area contributed by atoms with Crippen LogP contribution in [-0.4, -0.2) is 6.71 Å². The Morgan fingerprint density at radius 1 is 0.294 bits per heavy atom. The molecule has 2 aliphatic carbocycles. The Morgan fingerprint density at radius 2 is 0.635 bits per heavy atom. The van der Waals surface area contributed by atoms with Gasteiger partial charge in [0.15, 0.2) is 0 Å². The van der Waals surface area contributed by atoms with E-state index in [1.165, 1.54) is 88.3 Å². The standard InChI is InChI=1S/C80H57BN2O2/c1-79(2)64-46-68-74(44-62(64)76-60-32-19-17-30-58(60)70(48-66(76)79)82(54-26-13-7-14-27-54)56-40-36-52(37-41-56)50-22-9-5-10-23-50)84-72-34-21-35-73-78(72)81(68)69-47-65-63(45-75(69)85-73)77-61-33-20-18-31-59(61)71(49-67(77)80(65,3)4)83(55-28-15-8-16-29-55)57-42-38-53(39-43-57)51-24-11-6-12-25-51/h5-49H,1-4H3. The lowest BCUT2D eigenvalue weighted by Crippen LogP contribution is -2.57. The highest BCUT2D eigenvalue weighted by Gasteiger charge is 2.47. The van der Waals surface area contributed by atoms with Crippen LogP contribution in [0.4, 0.5) is 34.1 Å². The topological polar surface area (TPSA) is 24.9 Å². The van der Waals surface area contributed by atoms with Crippen molar-refractivity contribution in [3.05, 3.63) is 295 Å². The van der Waals surface area contributed by atoms with Crippen LogP contribution in [0, 0.1) is 0 Å². The second-order valence-electron chi connectivity index (χ2n) is 24.3. The van der Waals surface area contributed by atoms with Gasteiger partial charge in [-0.05, 0) is 173 Å². The van der Waals surface area contributed by atoms with E-state index < -0.39 is 0 Å². The van der Waals surface area contributed by atoms with Crippen molar-refractivity contribution in [2.75, 3.05) is 9.80 Å². The molecule has 0 amide bonds. The summed E-state index contributed by atoms with van der Waals surface area (Å²) in [4.78, 5) is 4.88. The van der Waals surface area contributed by atoms with E-state index in [-0.39, 0.29) is 17.5 Å². The molecule has 0 atom stereocenters. The van der Waals surface area contributed by atoms with Gasteiger partial charge in [0.05, 0.1) is 11.4 Å². The highest BCUT2D eigenvalue weighted by atomic mass is 16.5. The van der Waals surface area contributed by atoms with E-state index in [4.69, 9.17) is 9.47 Å². The van der Waals surface area contributed by atoms with Crippen LogP contribution in [0.1, 0.15) is 49.9 Å². The number of para-hydroxylation sites is 2. The first-order valence-electron chi connectivity index (χ1n) is 29.7. The Hall–Kier alpha value is -10.4. The fourth-order valence-electron chi connectivity index (χ4n) is 14.8. The average Bonchev–Trinajstić information content (AvgIpc) is 1.77. The van der Waals surface area contributed by atoms with Gasteiger partial charge in [0.25, 0.3) is 6.71 Å². The minimum Gasteiger partial charge on any atom is -0.458 e. The van der Waals surface area contributed by atoms with Crippen LogP contribution in [0.2, 0.25) is 0 Å². The zero-order chi connectivity index (χ0) is 56.7. The molecular weight excluding hydrogens is 1030 g/mol. The van der Waals surface area contributed by atoms with Crippen LogP contribution in [-0.2, 0) is 10.8 Å². The lowest BCUT2D eigenvalue weighted by molar-refractivity contribution is 0.464. The first kappa shape index (κ1) is 49.3. The number of ether oxygens (including phenoxy) is 2. The van der Waals surface area contributed by atoms with E-state index in [9.17, 15) is 0 Å². The van der Waals surface area contributed by atoms with Gasteiger partial charge in [-0.15, -0.1) is 0 Å². The van der Waals surface area contributed by atoms with Gasteiger partial charge in [0, 0.05) is 49.8 Å². The van der Waals surface area contributed by atoms with Crippen LogP contribution in [0.15, 0.2) is 273 Å². The SMILES string of the molecule is CC1(C)c2cc3c(cc2-c2c1cc(N(c1ccccc1)c1ccc(-c4ccccc4)cc1)c1ccccc21)Oc1cccc2c1B3c1cc3c(cc1O2)-c1c(cc(N(c2ccccc2)c2ccc(-c4ccccc4)cc2)c2ccccc12)C3(C)C. The summed E-state index contributed by atoms with van der Waals surface area (Å²) in [6, 6.07) is 99.9. The molecule has 85 heavy (non-hydrogen) atoms. The molecule has 4 aliphatic rings. The molecule has 0 aromatic heterocycles. The van der Waals surface area contributed by atoms with Gasteiger partial charge >= 0.3 is 0 Å². The number of anilines is 6. The first-order valence-corrected chi connectivity index (χ1v) is 29.7. The molecule has 0 saturated carbocycles. The Balaban J connectivity index is 0.807. The Morgan fingerprint density at radius 3 is 1.04 bits per heavy atom. The highest BCUT2D eigenvalue weighted by molar-refractivity contribution is 6.98. The van der Waals surface area contributed by atoms with Crippen LogP contribution < -0.4 is 35.7 Å². The molecule has 0 unspecified atom stereocenters. The molecule has 2 aliphatic heterocycles. The molecule has 0 radical (unpaired) electrons. The predicted molar refractivity (Wildman–Crippen MR) is 355 cm³/mol. The monoisotopic (exact) mass is 1090 g/mol. The van der Waals surface area contributed by atoms with Crippen LogP contribution in [0.25, 0.3) is 66.1 Å². The number of benzene rings is 13. The maximum Gasteiger partial charge on any atom is 0.260 e. The maximum absolute atomic E-state index is 7.16. The van der Waals surface area contributed by atoms with Gasteiger partial charge in [0.2, 0.25) is 0 Å². The van der Waals surface area contributed by atoms with Gasteiger partial charge in [-0.2, -0.15) is 0 Å². The molecular formula is C80H57BN2O2. The summed E-state index contributed by atoms with van der Waals surface area (Å²) < 4.78 is 14.3. The summed E-state index contributed by atoms with van der Waals surface area (Å²) in [5.74, 6) is 3.45. The molecule has 0 bridgehead atoms. The van der Waals surface area contributed by atoms with Gasteiger partial charge in [-0.25, -0.2) is 0 Å². The zero-order valence-corrected chi connectivity index (χ0v) is 47.8. The van der Waals surface area contributed by atoms with Crippen molar-refractivity contribution in [2.45, 2.75) is 38.5 Å². The van der Waals surface area contributed by atoms with Crippen molar-refractivity contribution in [3.63, 3.8) is 0 Å². The second kappa shape index (κ2) is 18.6. The third kappa shape index (κ3) is 7.42. The molecule has 13 aromatic carbocycles. The van der Waals surface area contributed by atoms with E-state index >= 15 is 0 Å². The van der Waals surface area contributed by atoms with E-state index in [2.05, 4.69) is 310 Å². The van der Waals surface area contributed by atoms with Gasteiger partial charge < -0.3 is 19.3 Å². The number of rotatable bonds is 8. The molecule has 402 valence electrons. The fraction of sp³-hybridized carbons (Fsp3) is 0.0750. The zero-order valence-electron chi connectivity index (χ0n) is 47.8. The van der Waals surface area contributed by atoms with Crippen molar-refractivity contribution >= 4 is 78.8 Å². The molecule has 0 fully saturated rings. The van der Waals surface area contributed by atoms with Crippen LogP contribution in [0.5, 0.6) is 23.0 Å². The quantitative estimate of drug-likeness (QED) is 0.142. The minimum atomic E-state index is -0.371.